The Morgan fingerprint density at radius 1 is 1.21 bits per heavy atom. The highest BCUT2D eigenvalue weighted by atomic mass is 32.2. The Balaban J connectivity index is 1.94. The third-order valence-electron chi connectivity index (χ3n) is 4.99. The van der Waals surface area contributed by atoms with Gasteiger partial charge < -0.3 is 4.74 Å². The van der Waals surface area contributed by atoms with Gasteiger partial charge in [0.05, 0.1) is 20.9 Å². The Morgan fingerprint density at radius 2 is 1.90 bits per heavy atom. The van der Waals surface area contributed by atoms with E-state index in [0.29, 0.717) is 6.07 Å². The van der Waals surface area contributed by atoms with Crippen LogP contribution in [0.1, 0.15) is 37.1 Å². The number of halogens is 3. The number of sulfone groups is 2. The molecule has 1 aromatic carbocycles. The molecule has 3 rings (SSSR count). The van der Waals surface area contributed by atoms with Gasteiger partial charge in [0.1, 0.15) is 6.10 Å². The number of aromatic nitrogens is 2. The Labute approximate surface area is 166 Å². The maximum Gasteiger partial charge on any atom is 0.416 e. The number of ether oxygens (including phenoxy) is 1. The molecule has 0 radical (unpaired) electrons. The number of alkyl halides is 3. The highest BCUT2D eigenvalue weighted by Gasteiger charge is 2.46. The number of hydrogen-bond donors (Lipinski definition) is 1. The van der Waals surface area contributed by atoms with Crippen LogP contribution in [-0.4, -0.2) is 44.6 Å². The minimum Gasteiger partial charge on any atom is -0.372 e. The lowest BCUT2D eigenvalue weighted by Gasteiger charge is -2.37. The largest absolute Gasteiger partial charge is 0.416 e. The molecule has 2 atom stereocenters. The molecule has 0 bridgehead atoms. The number of H-pyrrole nitrogens is 1. The molecule has 12 heteroatoms. The topological polar surface area (TPSA) is 106 Å². The second kappa shape index (κ2) is 7.10. The first-order valence-corrected chi connectivity index (χ1v) is 11.9. The molecule has 1 aliphatic rings. The summed E-state index contributed by atoms with van der Waals surface area (Å²) in [5.41, 5.74) is -0.757. The highest BCUT2D eigenvalue weighted by molar-refractivity contribution is 7.92. The monoisotopic (exact) mass is 452 g/mol. The van der Waals surface area contributed by atoms with Crippen molar-refractivity contribution in [3.63, 3.8) is 0 Å². The summed E-state index contributed by atoms with van der Waals surface area (Å²) in [5, 5.41) is 6.04. The molecular formula is C17H19F3N2O5S2. The lowest BCUT2D eigenvalue weighted by molar-refractivity contribution is -0.137. The minimum absolute atomic E-state index is 0.0343. The van der Waals surface area contributed by atoms with E-state index in [0.717, 1.165) is 24.5 Å². The van der Waals surface area contributed by atoms with E-state index in [4.69, 9.17) is 4.74 Å². The SMILES string of the molecule is CC1(S(=O)(=O)c2cccc(C(F)(F)F)c2)CCOC(c2cc(S(C)(=O)=O)n[nH]2)C1. The fraction of sp³-hybridized carbons (Fsp3) is 0.471. The Bertz CT molecular complexity index is 1130. The van der Waals surface area contributed by atoms with Crippen molar-refractivity contribution in [1.29, 1.82) is 0 Å². The van der Waals surface area contributed by atoms with E-state index in [9.17, 15) is 30.0 Å². The average Bonchev–Trinajstić information content (AvgIpc) is 3.12. The van der Waals surface area contributed by atoms with Crippen LogP contribution in [0.25, 0.3) is 0 Å². The van der Waals surface area contributed by atoms with Gasteiger partial charge in [-0.2, -0.15) is 18.3 Å². The highest BCUT2D eigenvalue weighted by Crippen LogP contribution is 2.42. The van der Waals surface area contributed by atoms with E-state index in [1.807, 2.05) is 0 Å². The fourth-order valence-electron chi connectivity index (χ4n) is 3.21. The summed E-state index contributed by atoms with van der Waals surface area (Å²) in [6.07, 6.45) is -4.47. The van der Waals surface area contributed by atoms with Gasteiger partial charge in [-0.3, -0.25) is 5.10 Å². The first-order chi connectivity index (χ1) is 13.2. The van der Waals surface area contributed by atoms with Gasteiger partial charge in [0.25, 0.3) is 0 Å². The minimum atomic E-state index is -4.66. The maximum atomic E-state index is 13.2. The number of aromatic amines is 1. The summed E-state index contributed by atoms with van der Waals surface area (Å²) in [7, 11) is -7.70. The van der Waals surface area contributed by atoms with Crippen molar-refractivity contribution in [3.8, 4) is 0 Å². The third-order valence-corrected chi connectivity index (χ3v) is 8.50. The molecule has 1 saturated heterocycles. The summed E-state index contributed by atoms with van der Waals surface area (Å²) >= 11 is 0. The number of nitrogens with zero attached hydrogens (tertiary/aromatic N) is 1. The summed E-state index contributed by atoms with van der Waals surface area (Å²) in [4.78, 5) is -0.420. The van der Waals surface area contributed by atoms with Crippen LogP contribution >= 0.6 is 0 Å². The third kappa shape index (κ3) is 4.19. The van der Waals surface area contributed by atoms with Crippen LogP contribution in [0.2, 0.25) is 0 Å². The van der Waals surface area contributed by atoms with Crippen molar-refractivity contribution in [2.45, 2.75) is 46.7 Å². The van der Waals surface area contributed by atoms with Crippen LogP contribution in [0.3, 0.4) is 0 Å². The molecule has 0 saturated carbocycles. The molecule has 1 aliphatic heterocycles. The molecule has 2 aromatic rings. The molecule has 2 heterocycles. The molecule has 0 amide bonds. The summed E-state index contributed by atoms with van der Waals surface area (Å²) < 4.78 is 92.8. The van der Waals surface area contributed by atoms with Gasteiger partial charge in [-0.15, -0.1) is 0 Å². The number of nitrogens with one attached hydrogen (secondary N) is 1. The predicted molar refractivity (Wildman–Crippen MR) is 96.7 cm³/mol. The smallest absolute Gasteiger partial charge is 0.372 e. The number of hydrogen-bond acceptors (Lipinski definition) is 6. The van der Waals surface area contributed by atoms with E-state index in [1.165, 1.54) is 13.0 Å². The zero-order chi connectivity index (χ0) is 21.7. The standard InChI is InChI=1S/C17H19F3N2O5S2/c1-16(29(25,26)12-5-3-4-11(8-12)17(18,19)20)6-7-27-14(10-16)13-9-15(22-21-13)28(2,23)24/h3-5,8-9,14H,6-7,10H2,1-2H3,(H,21,22). The van der Waals surface area contributed by atoms with Gasteiger partial charge in [0.15, 0.2) is 24.7 Å². The van der Waals surface area contributed by atoms with E-state index < -0.39 is 47.2 Å². The normalized spacial score (nSPS) is 23.8. The van der Waals surface area contributed by atoms with Gasteiger partial charge >= 0.3 is 6.18 Å². The Morgan fingerprint density at radius 3 is 2.48 bits per heavy atom. The molecule has 1 fully saturated rings. The number of rotatable bonds is 4. The molecule has 1 N–H and O–H groups in total. The van der Waals surface area contributed by atoms with Crippen molar-refractivity contribution >= 4 is 19.7 Å². The fourth-order valence-corrected chi connectivity index (χ4v) is 5.59. The maximum absolute atomic E-state index is 13.2. The quantitative estimate of drug-likeness (QED) is 0.765. The van der Waals surface area contributed by atoms with Crippen LogP contribution in [0.5, 0.6) is 0 Å². The molecule has 0 aliphatic carbocycles. The molecule has 1 aromatic heterocycles. The van der Waals surface area contributed by atoms with Crippen molar-refractivity contribution in [1.82, 2.24) is 10.2 Å². The van der Waals surface area contributed by atoms with Crippen LogP contribution < -0.4 is 0 Å². The lowest BCUT2D eigenvalue weighted by Crippen LogP contribution is -2.42. The van der Waals surface area contributed by atoms with Crippen LogP contribution in [-0.2, 0) is 30.6 Å². The molecule has 2 unspecified atom stereocenters. The van der Waals surface area contributed by atoms with Gasteiger partial charge in [-0.1, -0.05) is 6.07 Å². The molecule has 7 nitrogen and oxygen atoms in total. The van der Waals surface area contributed by atoms with Gasteiger partial charge in [-0.25, -0.2) is 16.8 Å². The number of benzene rings is 1. The predicted octanol–water partition coefficient (Wildman–Crippen LogP) is 2.92. The van der Waals surface area contributed by atoms with Crippen molar-refractivity contribution in [2.75, 3.05) is 12.9 Å². The van der Waals surface area contributed by atoms with Crippen molar-refractivity contribution in [3.05, 3.63) is 41.6 Å². The van der Waals surface area contributed by atoms with Crippen LogP contribution in [0, 0.1) is 0 Å². The van der Waals surface area contributed by atoms with E-state index >= 15 is 0 Å². The van der Waals surface area contributed by atoms with E-state index in [-0.39, 0.29) is 30.2 Å². The molecule has 160 valence electrons. The summed E-state index contributed by atoms with van der Waals surface area (Å²) in [6.45, 7) is 1.48. The second-order valence-corrected chi connectivity index (χ2v) is 11.7. The summed E-state index contributed by atoms with van der Waals surface area (Å²) in [5.74, 6) is 0. The first-order valence-electron chi connectivity index (χ1n) is 8.53. The Hall–Kier alpha value is -1.92. The van der Waals surface area contributed by atoms with Crippen molar-refractivity contribution in [2.24, 2.45) is 0 Å². The molecule has 0 spiro atoms. The lowest BCUT2D eigenvalue weighted by atomic mass is 9.95. The van der Waals surface area contributed by atoms with Crippen LogP contribution in [0.4, 0.5) is 13.2 Å². The summed E-state index contributed by atoms with van der Waals surface area (Å²) in [6, 6.07) is 4.90. The van der Waals surface area contributed by atoms with Gasteiger partial charge in [-0.05, 0) is 38.0 Å². The zero-order valence-corrected chi connectivity index (χ0v) is 17.2. The van der Waals surface area contributed by atoms with Crippen molar-refractivity contribution < 1.29 is 34.7 Å². The van der Waals surface area contributed by atoms with Gasteiger partial charge in [0.2, 0.25) is 0 Å². The first kappa shape index (κ1) is 21.8. The van der Waals surface area contributed by atoms with E-state index in [1.54, 1.807) is 0 Å². The average molecular weight is 452 g/mol. The Kier molecular flexibility index (Phi) is 5.33. The van der Waals surface area contributed by atoms with E-state index in [2.05, 4.69) is 10.2 Å². The van der Waals surface area contributed by atoms with Gasteiger partial charge in [0, 0.05) is 18.9 Å². The molecular weight excluding hydrogens is 433 g/mol. The van der Waals surface area contributed by atoms with Crippen LogP contribution in [0.15, 0.2) is 40.3 Å². The molecule has 29 heavy (non-hydrogen) atoms. The second-order valence-electron chi connectivity index (χ2n) is 7.23. The zero-order valence-electron chi connectivity index (χ0n) is 15.5.